The third-order valence-corrected chi connectivity index (χ3v) is 3.81. The summed E-state index contributed by atoms with van der Waals surface area (Å²) in [4.78, 5) is 2.17. The van der Waals surface area contributed by atoms with Gasteiger partial charge >= 0.3 is 0 Å². The van der Waals surface area contributed by atoms with Gasteiger partial charge in [-0.05, 0) is 33.2 Å². The van der Waals surface area contributed by atoms with E-state index in [0.717, 1.165) is 13.0 Å². The molecule has 0 amide bonds. The van der Waals surface area contributed by atoms with Crippen LogP contribution in [-0.2, 0) is 0 Å². The Bertz CT molecular complexity index is 215. The maximum Gasteiger partial charge on any atom is 0.254 e. The molecule has 0 aromatic rings. The van der Waals surface area contributed by atoms with E-state index in [-0.39, 0.29) is 6.42 Å². The molecule has 1 nitrogen and oxygen atoms in total. The van der Waals surface area contributed by atoms with Crippen molar-refractivity contribution in [2.75, 3.05) is 13.1 Å². The van der Waals surface area contributed by atoms with Crippen molar-refractivity contribution in [3.05, 3.63) is 0 Å². The SMILES string of the molecule is CC(C)N1CCC2(CCC2(F)F)C1. The van der Waals surface area contributed by atoms with E-state index in [1.54, 1.807) is 0 Å². The second kappa shape index (κ2) is 2.66. The van der Waals surface area contributed by atoms with Crippen LogP contribution in [0, 0.1) is 5.41 Å². The molecule has 1 saturated carbocycles. The second-order valence-electron chi connectivity index (χ2n) is 4.80. The Morgan fingerprint density at radius 1 is 1.15 bits per heavy atom. The number of nitrogens with zero attached hydrogens (tertiary/aromatic N) is 1. The van der Waals surface area contributed by atoms with Crippen LogP contribution in [0.15, 0.2) is 0 Å². The van der Waals surface area contributed by atoms with Crippen LogP contribution in [0.1, 0.15) is 33.1 Å². The van der Waals surface area contributed by atoms with Crippen molar-refractivity contribution in [3.8, 4) is 0 Å². The molecule has 2 aliphatic rings. The number of hydrogen-bond donors (Lipinski definition) is 0. The highest BCUT2D eigenvalue weighted by atomic mass is 19.3. The van der Waals surface area contributed by atoms with Crippen LogP contribution in [0.2, 0.25) is 0 Å². The van der Waals surface area contributed by atoms with E-state index >= 15 is 0 Å². The van der Waals surface area contributed by atoms with Gasteiger partial charge in [-0.15, -0.1) is 0 Å². The lowest BCUT2D eigenvalue weighted by molar-refractivity contribution is -0.195. The molecular weight excluding hydrogens is 172 g/mol. The first kappa shape index (κ1) is 9.38. The van der Waals surface area contributed by atoms with Crippen LogP contribution in [0.3, 0.4) is 0 Å². The highest BCUT2D eigenvalue weighted by Gasteiger charge is 2.63. The van der Waals surface area contributed by atoms with E-state index in [4.69, 9.17) is 0 Å². The molecule has 1 unspecified atom stereocenters. The van der Waals surface area contributed by atoms with Crippen molar-refractivity contribution in [3.63, 3.8) is 0 Å². The number of rotatable bonds is 1. The van der Waals surface area contributed by atoms with E-state index < -0.39 is 11.3 Å². The summed E-state index contributed by atoms with van der Waals surface area (Å²) in [7, 11) is 0. The quantitative estimate of drug-likeness (QED) is 0.612. The highest BCUT2D eigenvalue weighted by molar-refractivity contribution is 5.07. The van der Waals surface area contributed by atoms with Crippen LogP contribution in [-0.4, -0.2) is 30.0 Å². The van der Waals surface area contributed by atoms with Gasteiger partial charge < -0.3 is 4.90 Å². The standard InChI is InChI=1S/C10H17F2N/c1-8(2)13-6-5-9(7-13)3-4-10(9,11)12/h8H,3-7H2,1-2H3. The van der Waals surface area contributed by atoms with Crippen molar-refractivity contribution >= 4 is 0 Å². The highest BCUT2D eigenvalue weighted by Crippen LogP contribution is 2.58. The first-order valence-electron chi connectivity index (χ1n) is 5.09. The number of halogens is 2. The number of alkyl halides is 2. The van der Waals surface area contributed by atoms with Gasteiger partial charge in [0.15, 0.2) is 0 Å². The van der Waals surface area contributed by atoms with Gasteiger partial charge in [-0.3, -0.25) is 0 Å². The van der Waals surface area contributed by atoms with Crippen molar-refractivity contribution in [1.82, 2.24) is 4.90 Å². The zero-order valence-electron chi connectivity index (χ0n) is 8.32. The third-order valence-electron chi connectivity index (χ3n) is 3.81. The maximum atomic E-state index is 13.3. The van der Waals surface area contributed by atoms with Crippen LogP contribution in [0.4, 0.5) is 8.78 Å². The molecule has 0 N–H and O–H groups in total. The second-order valence-corrected chi connectivity index (χ2v) is 4.80. The van der Waals surface area contributed by atoms with Gasteiger partial charge in [0.2, 0.25) is 0 Å². The summed E-state index contributed by atoms with van der Waals surface area (Å²) in [6, 6.07) is 0.413. The average molecular weight is 189 g/mol. The van der Waals surface area contributed by atoms with Gasteiger partial charge in [-0.25, -0.2) is 8.78 Å². The Morgan fingerprint density at radius 3 is 2.08 bits per heavy atom. The fourth-order valence-corrected chi connectivity index (χ4v) is 2.52. The monoisotopic (exact) mass is 189 g/mol. The normalized spacial score (nSPS) is 38.5. The molecule has 1 saturated heterocycles. The number of hydrogen-bond acceptors (Lipinski definition) is 1. The summed E-state index contributed by atoms with van der Waals surface area (Å²) in [6.45, 7) is 5.62. The Balaban J connectivity index is 2.05. The summed E-state index contributed by atoms with van der Waals surface area (Å²) >= 11 is 0. The molecule has 0 aromatic heterocycles. The lowest BCUT2D eigenvalue weighted by atomic mass is 9.64. The van der Waals surface area contributed by atoms with E-state index in [1.165, 1.54) is 0 Å². The Morgan fingerprint density at radius 2 is 1.85 bits per heavy atom. The smallest absolute Gasteiger partial charge is 0.254 e. The molecule has 0 aromatic carbocycles. The van der Waals surface area contributed by atoms with Gasteiger partial charge in [0, 0.05) is 24.4 Å². The molecule has 2 fully saturated rings. The van der Waals surface area contributed by atoms with Gasteiger partial charge in [0.05, 0.1) is 0 Å². The van der Waals surface area contributed by atoms with Crippen LogP contribution < -0.4 is 0 Å². The first-order chi connectivity index (χ1) is 5.97. The third kappa shape index (κ3) is 1.20. The average Bonchev–Trinajstić information content (AvgIpc) is 2.49. The minimum Gasteiger partial charge on any atom is -0.300 e. The lowest BCUT2D eigenvalue weighted by Crippen LogP contribution is -2.52. The molecule has 2 rings (SSSR count). The summed E-state index contributed by atoms with van der Waals surface area (Å²) in [6.07, 6.45) is 1.53. The van der Waals surface area contributed by atoms with Crippen LogP contribution in [0.25, 0.3) is 0 Å². The minimum absolute atomic E-state index is 0.110. The van der Waals surface area contributed by atoms with Gasteiger partial charge in [0.25, 0.3) is 5.92 Å². The first-order valence-corrected chi connectivity index (χ1v) is 5.09. The Hall–Kier alpha value is -0.180. The molecule has 1 aliphatic carbocycles. The zero-order chi connectivity index (χ0) is 9.69. The summed E-state index contributed by atoms with van der Waals surface area (Å²) in [5, 5.41) is 0. The molecule has 1 heterocycles. The van der Waals surface area contributed by atoms with E-state index in [9.17, 15) is 8.78 Å². The molecule has 13 heavy (non-hydrogen) atoms. The van der Waals surface area contributed by atoms with Gasteiger partial charge in [-0.1, -0.05) is 0 Å². The van der Waals surface area contributed by atoms with Crippen molar-refractivity contribution < 1.29 is 8.78 Å². The topological polar surface area (TPSA) is 3.24 Å². The Labute approximate surface area is 78.1 Å². The van der Waals surface area contributed by atoms with Gasteiger partial charge in [0.1, 0.15) is 0 Å². The molecular formula is C10H17F2N. The molecule has 3 heteroatoms. The van der Waals surface area contributed by atoms with Crippen molar-refractivity contribution in [2.45, 2.75) is 45.1 Å². The van der Waals surface area contributed by atoms with E-state index in [0.29, 0.717) is 19.0 Å². The zero-order valence-corrected chi connectivity index (χ0v) is 8.32. The minimum atomic E-state index is -2.38. The molecule has 0 bridgehead atoms. The van der Waals surface area contributed by atoms with Crippen molar-refractivity contribution in [1.29, 1.82) is 0 Å². The lowest BCUT2D eigenvalue weighted by Gasteiger charge is -2.46. The summed E-state index contributed by atoms with van der Waals surface area (Å²) in [5.41, 5.74) is -0.642. The fourth-order valence-electron chi connectivity index (χ4n) is 2.52. The van der Waals surface area contributed by atoms with Crippen molar-refractivity contribution in [2.24, 2.45) is 5.41 Å². The van der Waals surface area contributed by atoms with Crippen LogP contribution >= 0.6 is 0 Å². The molecule has 1 atom stereocenters. The summed E-state index contributed by atoms with van der Waals surface area (Å²) < 4.78 is 26.6. The Kier molecular flexibility index (Phi) is 1.92. The van der Waals surface area contributed by atoms with E-state index in [2.05, 4.69) is 18.7 Å². The molecule has 1 aliphatic heterocycles. The van der Waals surface area contributed by atoms with Crippen LogP contribution in [0.5, 0.6) is 0 Å². The summed E-state index contributed by atoms with van der Waals surface area (Å²) in [5.74, 6) is -2.38. The molecule has 76 valence electrons. The predicted octanol–water partition coefficient (Wildman–Crippen LogP) is 2.52. The fraction of sp³-hybridized carbons (Fsp3) is 1.00. The maximum absolute atomic E-state index is 13.3. The molecule has 1 spiro atoms. The van der Waals surface area contributed by atoms with Gasteiger partial charge in [-0.2, -0.15) is 0 Å². The molecule has 0 radical (unpaired) electrons. The predicted molar refractivity (Wildman–Crippen MR) is 47.9 cm³/mol. The number of likely N-dealkylation sites (tertiary alicyclic amines) is 1. The van der Waals surface area contributed by atoms with E-state index in [1.807, 2.05) is 0 Å². The largest absolute Gasteiger partial charge is 0.300 e.